The zero-order valence-corrected chi connectivity index (χ0v) is 14.2. The number of furan rings is 1. The van der Waals surface area contributed by atoms with Crippen LogP contribution in [0.15, 0.2) is 51.6 Å². The molecule has 2 rings (SSSR count). The quantitative estimate of drug-likeness (QED) is 0.716. The van der Waals surface area contributed by atoms with Crippen molar-refractivity contribution in [1.29, 1.82) is 0 Å². The number of nitrogens with zero attached hydrogens (tertiary/aromatic N) is 1. The molecular formula is C17H20BrNO3. The van der Waals surface area contributed by atoms with E-state index in [4.69, 9.17) is 9.15 Å². The van der Waals surface area contributed by atoms with Gasteiger partial charge >= 0.3 is 0 Å². The first-order valence-corrected chi connectivity index (χ1v) is 8.02. The van der Waals surface area contributed by atoms with Gasteiger partial charge in [-0.25, -0.2) is 0 Å². The summed E-state index contributed by atoms with van der Waals surface area (Å²) in [5.74, 6) is 0.884. The molecule has 0 radical (unpaired) electrons. The van der Waals surface area contributed by atoms with Gasteiger partial charge < -0.3 is 14.1 Å². The Morgan fingerprint density at radius 3 is 2.77 bits per heavy atom. The van der Waals surface area contributed by atoms with Crippen LogP contribution in [0.1, 0.15) is 17.7 Å². The molecule has 0 unspecified atom stereocenters. The lowest BCUT2D eigenvalue weighted by Crippen LogP contribution is -2.33. The molecule has 1 heterocycles. The summed E-state index contributed by atoms with van der Waals surface area (Å²) in [5, 5.41) is 0. The summed E-state index contributed by atoms with van der Waals surface area (Å²) in [6.45, 7) is 1.55. The number of rotatable bonds is 8. The van der Waals surface area contributed by atoms with Crippen molar-refractivity contribution in [2.24, 2.45) is 0 Å². The Hall–Kier alpha value is -1.59. The van der Waals surface area contributed by atoms with Crippen molar-refractivity contribution in [3.05, 3.63) is 58.5 Å². The smallest absolute Gasteiger partial charge is 0.223 e. The van der Waals surface area contributed by atoms with Crippen LogP contribution in [0.25, 0.3) is 0 Å². The number of carbonyl (C=O) groups excluding carboxylic acids is 1. The Morgan fingerprint density at radius 1 is 1.27 bits per heavy atom. The molecule has 0 fully saturated rings. The van der Waals surface area contributed by atoms with Crippen molar-refractivity contribution >= 4 is 21.8 Å². The van der Waals surface area contributed by atoms with Gasteiger partial charge in [0, 0.05) is 24.5 Å². The first kappa shape index (κ1) is 16.8. The molecule has 0 N–H and O–H groups in total. The average molecular weight is 366 g/mol. The van der Waals surface area contributed by atoms with E-state index in [0.29, 0.717) is 32.5 Å². The predicted octanol–water partition coefficient (Wildman–Crippen LogP) is 3.65. The molecule has 0 aliphatic carbocycles. The summed E-state index contributed by atoms with van der Waals surface area (Å²) in [5.41, 5.74) is 1.14. The van der Waals surface area contributed by atoms with E-state index in [9.17, 15) is 4.79 Å². The molecule has 0 saturated carbocycles. The lowest BCUT2D eigenvalue weighted by Gasteiger charge is -2.21. The normalized spacial score (nSPS) is 10.6. The highest BCUT2D eigenvalue weighted by Gasteiger charge is 2.15. The van der Waals surface area contributed by atoms with Gasteiger partial charge in [-0.15, -0.1) is 0 Å². The Morgan fingerprint density at radius 2 is 2.09 bits per heavy atom. The Labute approximate surface area is 139 Å². The number of amides is 1. The topological polar surface area (TPSA) is 42.7 Å². The molecular weight excluding hydrogens is 346 g/mol. The first-order valence-electron chi connectivity index (χ1n) is 7.23. The molecule has 0 saturated heterocycles. The van der Waals surface area contributed by atoms with Gasteiger partial charge in [-0.1, -0.05) is 34.1 Å². The van der Waals surface area contributed by atoms with Crippen molar-refractivity contribution in [3.63, 3.8) is 0 Å². The predicted molar refractivity (Wildman–Crippen MR) is 88.5 cm³/mol. The van der Waals surface area contributed by atoms with E-state index >= 15 is 0 Å². The molecule has 0 aliphatic rings. The second-order valence-corrected chi connectivity index (χ2v) is 5.83. The Bertz CT molecular complexity index is 583. The van der Waals surface area contributed by atoms with Crippen LogP contribution in [0, 0.1) is 0 Å². The second-order valence-electron chi connectivity index (χ2n) is 4.98. The highest BCUT2D eigenvalue weighted by atomic mass is 79.9. The first-order chi connectivity index (χ1) is 10.7. The van der Waals surface area contributed by atoms with Gasteiger partial charge in [-0.2, -0.15) is 0 Å². The van der Waals surface area contributed by atoms with E-state index in [1.807, 2.05) is 36.4 Å². The molecule has 2 aromatic rings. The van der Waals surface area contributed by atoms with Crippen molar-refractivity contribution in [2.75, 3.05) is 20.3 Å². The summed E-state index contributed by atoms with van der Waals surface area (Å²) in [7, 11) is 1.64. The maximum absolute atomic E-state index is 12.5. The maximum Gasteiger partial charge on any atom is 0.223 e. The number of aryl methyl sites for hydroxylation is 1. The van der Waals surface area contributed by atoms with Crippen molar-refractivity contribution < 1.29 is 13.9 Å². The van der Waals surface area contributed by atoms with Crippen LogP contribution in [-0.2, 0) is 22.5 Å². The van der Waals surface area contributed by atoms with Crippen LogP contribution in [0.5, 0.6) is 0 Å². The van der Waals surface area contributed by atoms with Crippen molar-refractivity contribution in [3.8, 4) is 0 Å². The number of hydrogen-bond donors (Lipinski definition) is 0. The number of ether oxygens (including phenoxy) is 1. The second kappa shape index (κ2) is 8.76. The van der Waals surface area contributed by atoms with E-state index in [0.717, 1.165) is 15.8 Å². The third-order valence-electron chi connectivity index (χ3n) is 3.41. The van der Waals surface area contributed by atoms with E-state index in [2.05, 4.69) is 15.9 Å². The van der Waals surface area contributed by atoms with Gasteiger partial charge in [0.2, 0.25) is 5.91 Å². The van der Waals surface area contributed by atoms with Crippen LogP contribution in [-0.4, -0.2) is 31.1 Å². The van der Waals surface area contributed by atoms with Crippen molar-refractivity contribution in [2.45, 2.75) is 19.4 Å². The molecule has 4 nitrogen and oxygen atoms in total. The lowest BCUT2D eigenvalue weighted by atomic mass is 10.1. The summed E-state index contributed by atoms with van der Waals surface area (Å²) in [6, 6.07) is 11.7. The minimum Gasteiger partial charge on any atom is -0.467 e. The summed E-state index contributed by atoms with van der Waals surface area (Å²) in [6.07, 6.45) is 2.80. The van der Waals surface area contributed by atoms with Gasteiger partial charge in [0.25, 0.3) is 0 Å². The third kappa shape index (κ3) is 5.00. The third-order valence-corrected chi connectivity index (χ3v) is 4.18. The van der Waals surface area contributed by atoms with Gasteiger partial charge in [-0.3, -0.25) is 4.79 Å². The highest BCUT2D eigenvalue weighted by molar-refractivity contribution is 9.10. The largest absolute Gasteiger partial charge is 0.467 e. The zero-order chi connectivity index (χ0) is 15.8. The van der Waals surface area contributed by atoms with Gasteiger partial charge in [0.1, 0.15) is 5.76 Å². The molecule has 1 amide bonds. The fourth-order valence-electron chi connectivity index (χ4n) is 2.18. The van der Waals surface area contributed by atoms with Crippen LogP contribution >= 0.6 is 15.9 Å². The molecule has 22 heavy (non-hydrogen) atoms. The Balaban J connectivity index is 1.94. The number of methoxy groups -OCH3 is 1. The van der Waals surface area contributed by atoms with E-state index in [-0.39, 0.29) is 5.91 Å². The maximum atomic E-state index is 12.5. The molecule has 0 spiro atoms. The molecule has 5 heteroatoms. The average Bonchev–Trinajstić information content (AvgIpc) is 3.03. The summed E-state index contributed by atoms with van der Waals surface area (Å²) in [4.78, 5) is 14.3. The fraction of sp³-hybridized carbons (Fsp3) is 0.353. The van der Waals surface area contributed by atoms with Crippen LogP contribution in [0.3, 0.4) is 0 Å². The molecule has 0 bridgehead atoms. The number of benzene rings is 1. The standard InChI is InChI=1S/C17H20BrNO3/c1-21-12-10-19(13-15-6-4-11-22-15)17(20)9-8-14-5-2-3-7-16(14)18/h2-7,11H,8-10,12-13H2,1H3. The zero-order valence-electron chi connectivity index (χ0n) is 12.6. The minimum atomic E-state index is 0.101. The summed E-state index contributed by atoms with van der Waals surface area (Å²) < 4.78 is 11.5. The lowest BCUT2D eigenvalue weighted by molar-refractivity contribution is -0.132. The fourth-order valence-corrected chi connectivity index (χ4v) is 2.67. The van der Waals surface area contributed by atoms with Gasteiger partial charge in [0.15, 0.2) is 0 Å². The number of hydrogen-bond acceptors (Lipinski definition) is 3. The van der Waals surface area contributed by atoms with E-state index in [1.54, 1.807) is 18.3 Å². The SMILES string of the molecule is COCCN(Cc1ccco1)C(=O)CCc1ccccc1Br. The van der Waals surface area contributed by atoms with Gasteiger partial charge in [-0.05, 0) is 30.2 Å². The number of halogens is 1. The molecule has 1 aromatic carbocycles. The highest BCUT2D eigenvalue weighted by Crippen LogP contribution is 2.18. The van der Waals surface area contributed by atoms with Crippen LogP contribution < -0.4 is 0 Å². The number of carbonyl (C=O) groups is 1. The molecule has 118 valence electrons. The van der Waals surface area contributed by atoms with Crippen LogP contribution in [0.4, 0.5) is 0 Å². The van der Waals surface area contributed by atoms with Crippen LogP contribution in [0.2, 0.25) is 0 Å². The summed E-state index contributed by atoms with van der Waals surface area (Å²) >= 11 is 3.51. The van der Waals surface area contributed by atoms with Gasteiger partial charge in [0.05, 0.1) is 19.4 Å². The molecule has 0 aliphatic heterocycles. The van der Waals surface area contributed by atoms with E-state index in [1.165, 1.54) is 0 Å². The molecule has 0 atom stereocenters. The molecule has 1 aromatic heterocycles. The van der Waals surface area contributed by atoms with Crippen molar-refractivity contribution in [1.82, 2.24) is 4.90 Å². The monoisotopic (exact) mass is 365 g/mol. The Kier molecular flexibility index (Phi) is 6.68. The van der Waals surface area contributed by atoms with E-state index < -0.39 is 0 Å². The minimum absolute atomic E-state index is 0.101.